The van der Waals surface area contributed by atoms with Crippen molar-refractivity contribution in [2.24, 2.45) is 5.92 Å². The first-order valence-electron chi connectivity index (χ1n) is 6.69. The predicted octanol–water partition coefficient (Wildman–Crippen LogP) is 2.18. The molecule has 0 fully saturated rings. The van der Waals surface area contributed by atoms with E-state index >= 15 is 0 Å². The van der Waals surface area contributed by atoms with Gasteiger partial charge < -0.3 is 0 Å². The number of rotatable bonds is 7. The molecule has 0 radical (unpaired) electrons. The molecule has 0 saturated heterocycles. The maximum atomic E-state index is 11.9. The van der Waals surface area contributed by atoms with Crippen molar-refractivity contribution in [3.63, 3.8) is 0 Å². The van der Waals surface area contributed by atoms with E-state index in [9.17, 15) is 13.2 Å². The fraction of sp³-hybridized carbons (Fsp3) is 0.692. The smallest absolute Gasteiger partial charge is 0.239 e. The highest BCUT2D eigenvalue weighted by molar-refractivity contribution is 7.90. The third kappa shape index (κ3) is 5.58. The molecule has 114 valence electrons. The Balaban J connectivity index is 2.59. The number of sulfonamides is 1. The average Bonchev–Trinajstić information content (AvgIpc) is 2.55. The summed E-state index contributed by atoms with van der Waals surface area (Å²) in [4.78, 5) is 17.0. The molecule has 0 aromatic carbocycles. The number of carbonyl (C=O) groups excluding carboxylic acids is 1. The number of carbonyl (C=O) groups is 1. The molecule has 0 unspecified atom stereocenters. The van der Waals surface area contributed by atoms with Crippen LogP contribution in [0.5, 0.6) is 0 Å². The lowest BCUT2D eigenvalue weighted by Gasteiger charge is -2.11. The summed E-state index contributed by atoms with van der Waals surface area (Å²) < 4.78 is 25.8. The first kappa shape index (κ1) is 17.1. The van der Waals surface area contributed by atoms with Gasteiger partial charge in [0.2, 0.25) is 15.9 Å². The number of nitrogens with one attached hydrogen (secondary N) is 1. The Kier molecular flexibility index (Phi) is 6.13. The van der Waals surface area contributed by atoms with Crippen LogP contribution in [0.25, 0.3) is 0 Å². The summed E-state index contributed by atoms with van der Waals surface area (Å²) in [6.07, 6.45) is 1.78. The second-order valence-electron chi connectivity index (χ2n) is 5.11. The quantitative estimate of drug-likeness (QED) is 0.836. The van der Waals surface area contributed by atoms with E-state index < -0.39 is 15.9 Å². The van der Waals surface area contributed by atoms with Gasteiger partial charge in [0.05, 0.1) is 22.9 Å². The van der Waals surface area contributed by atoms with Gasteiger partial charge in [0, 0.05) is 4.88 Å². The van der Waals surface area contributed by atoms with Crippen LogP contribution in [0.1, 0.15) is 42.3 Å². The fourth-order valence-electron chi connectivity index (χ4n) is 2.09. The lowest BCUT2D eigenvalue weighted by atomic mass is 10.1. The second-order valence-corrected chi connectivity index (χ2v) is 8.29. The zero-order valence-corrected chi connectivity index (χ0v) is 14.0. The minimum atomic E-state index is -3.55. The second kappa shape index (κ2) is 7.17. The third-order valence-corrected chi connectivity index (χ3v) is 5.36. The summed E-state index contributed by atoms with van der Waals surface area (Å²) in [7, 11) is -3.55. The van der Waals surface area contributed by atoms with Crippen molar-refractivity contribution in [1.29, 1.82) is 0 Å². The van der Waals surface area contributed by atoms with Gasteiger partial charge in [-0.15, -0.1) is 11.3 Å². The van der Waals surface area contributed by atoms with Gasteiger partial charge in [-0.25, -0.2) is 13.4 Å². The van der Waals surface area contributed by atoms with Gasteiger partial charge in [0.25, 0.3) is 0 Å². The van der Waals surface area contributed by atoms with Crippen LogP contribution in [0.4, 0.5) is 0 Å². The van der Waals surface area contributed by atoms with Gasteiger partial charge >= 0.3 is 0 Å². The zero-order valence-electron chi connectivity index (χ0n) is 12.4. The molecule has 0 spiro atoms. The van der Waals surface area contributed by atoms with Gasteiger partial charge in [-0.2, -0.15) is 0 Å². The van der Waals surface area contributed by atoms with Crippen molar-refractivity contribution in [1.82, 2.24) is 9.71 Å². The lowest BCUT2D eigenvalue weighted by molar-refractivity contribution is -0.118. The number of nitrogens with zero attached hydrogens (tertiary/aromatic N) is 1. The van der Waals surface area contributed by atoms with Gasteiger partial charge in [-0.05, 0) is 26.2 Å². The van der Waals surface area contributed by atoms with Crippen molar-refractivity contribution in [3.8, 4) is 0 Å². The Bertz CT molecular complexity index is 564. The van der Waals surface area contributed by atoms with E-state index in [1.807, 2.05) is 27.7 Å². The van der Waals surface area contributed by atoms with E-state index in [4.69, 9.17) is 0 Å². The molecule has 1 N–H and O–H groups in total. The molecule has 0 aliphatic carbocycles. The van der Waals surface area contributed by atoms with E-state index in [0.29, 0.717) is 5.69 Å². The Morgan fingerprint density at radius 1 is 1.40 bits per heavy atom. The summed E-state index contributed by atoms with van der Waals surface area (Å²) in [5.74, 6) is -0.475. The van der Waals surface area contributed by atoms with Crippen molar-refractivity contribution in [2.45, 2.75) is 47.0 Å². The molecule has 1 heterocycles. The first-order chi connectivity index (χ1) is 9.23. The van der Waals surface area contributed by atoms with E-state index in [2.05, 4.69) is 9.71 Å². The van der Waals surface area contributed by atoms with Gasteiger partial charge in [-0.1, -0.05) is 20.3 Å². The van der Waals surface area contributed by atoms with E-state index in [1.165, 1.54) is 11.3 Å². The Morgan fingerprint density at radius 3 is 2.55 bits per heavy atom. The molecule has 0 aliphatic rings. The van der Waals surface area contributed by atoms with Crippen molar-refractivity contribution in [3.05, 3.63) is 15.6 Å². The van der Waals surface area contributed by atoms with Crippen molar-refractivity contribution >= 4 is 27.3 Å². The summed E-state index contributed by atoms with van der Waals surface area (Å²) in [5.41, 5.74) is 0.654. The maximum absolute atomic E-state index is 11.9. The van der Waals surface area contributed by atoms with Crippen molar-refractivity contribution < 1.29 is 13.2 Å². The average molecular weight is 318 g/mol. The summed E-state index contributed by atoms with van der Waals surface area (Å²) in [6.45, 7) is 7.63. The predicted molar refractivity (Wildman–Crippen MR) is 81.3 cm³/mol. The normalized spacial score (nSPS) is 13.2. The summed E-state index contributed by atoms with van der Waals surface area (Å²) in [5, 5.41) is 0.879. The molecule has 7 heteroatoms. The van der Waals surface area contributed by atoms with Crippen LogP contribution >= 0.6 is 11.3 Å². The van der Waals surface area contributed by atoms with Crippen LogP contribution in [-0.4, -0.2) is 25.1 Å². The molecule has 1 amide bonds. The lowest BCUT2D eigenvalue weighted by Crippen LogP contribution is -2.35. The molecule has 20 heavy (non-hydrogen) atoms. The number of hydrogen-bond acceptors (Lipinski definition) is 5. The highest BCUT2D eigenvalue weighted by Crippen LogP contribution is 2.16. The molecule has 1 aromatic heterocycles. The number of amides is 1. The molecule has 5 nitrogen and oxygen atoms in total. The molecular weight excluding hydrogens is 296 g/mol. The SMILES string of the molecule is CCC[C@H](C)CS(=O)(=O)NC(=O)Cc1nc(C)sc1C. The number of aromatic nitrogens is 1. The Morgan fingerprint density at radius 2 is 2.05 bits per heavy atom. The van der Waals surface area contributed by atoms with E-state index in [-0.39, 0.29) is 18.1 Å². The molecular formula is C13H22N2O3S2. The van der Waals surface area contributed by atoms with Gasteiger partial charge in [-0.3, -0.25) is 9.52 Å². The monoisotopic (exact) mass is 318 g/mol. The van der Waals surface area contributed by atoms with Crippen LogP contribution in [0.15, 0.2) is 0 Å². The molecule has 1 atom stereocenters. The number of thiazole rings is 1. The Hall–Kier alpha value is -0.950. The van der Waals surface area contributed by atoms with Gasteiger partial charge in [0.15, 0.2) is 0 Å². The number of aryl methyl sites for hydroxylation is 2. The molecule has 0 saturated carbocycles. The Labute approximate surface area is 124 Å². The van der Waals surface area contributed by atoms with Crippen LogP contribution in [0.2, 0.25) is 0 Å². The topological polar surface area (TPSA) is 76.1 Å². The van der Waals surface area contributed by atoms with Crippen LogP contribution in [-0.2, 0) is 21.2 Å². The largest absolute Gasteiger partial charge is 0.274 e. The minimum Gasteiger partial charge on any atom is -0.274 e. The molecule has 1 aromatic rings. The maximum Gasteiger partial charge on any atom is 0.239 e. The fourth-order valence-corrected chi connectivity index (χ4v) is 4.34. The van der Waals surface area contributed by atoms with Gasteiger partial charge in [0.1, 0.15) is 0 Å². The molecule has 0 aliphatic heterocycles. The van der Waals surface area contributed by atoms with Crippen LogP contribution in [0, 0.1) is 19.8 Å². The van der Waals surface area contributed by atoms with Crippen LogP contribution in [0.3, 0.4) is 0 Å². The number of hydrogen-bond donors (Lipinski definition) is 1. The van der Waals surface area contributed by atoms with E-state index in [0.717, 1.165) is 22.7 Å². The molecule has 0 bridgehead atoms. The third-order valence-electron chi connectivity index (χ3n) is 2.88. The van der Waals surface area contributed by atoms with Crippen LogP contribution < -0.4 is 4.72 Å². The summed E-state index contributed by atoms with van der Waals surface area (Å²) in [6, 6.07) is 0. The molecule has 1 rings (SSSR count). The standard InChI is InChI=1S/C13H22N2O3S2/c1-5-6-9(2)8-20(17,18)15-13(16)7-12-10(3)19-11(4)14-12/h9H,5-8H2,1-4H3,(H,15,16)/t9-/m0/s1. The minimum absolute atomic E-state index is 0.0115. The van der Waals surface area contributed by atoms with Crippen molar-refractivity contribution in [2.75, 3.05) is 5.75 Å². The van der Waals surface area contributed by atoms with E-state index in [1.54, 1.807) is 0 Å². The first-order valence-corrected chi connectivity index (χ1v) is 9.16. The summed E-state index contributed by atoms with van der Waals surface area (Å²) >= 11 is 1.51. The zero-order chi connectivity index (χ0) is 15.3. The highest BCUT2D eigenvalue weighted by atomic mass is 32.2. The highest BCUT2D eigenvalue weighted by Gasteiger charge is 2.19.